The van der Waals surface area contributed by atoms with E-state index in [0.717, 1.165) is 34.5 Å². The molecule has 0 amide bonds. The fourth-order valence-corrected chi connectivity index (χ4v) is 6.93. The Balaban J connectivity index is 1.24. The summed E-state index contributed by atoms with van der Waals surface area (Å²) in [6.07, 6.45) is 0.946. The molecule has 0 radical (unpaired) electrons. The third-order valence-corrected chi connectivity index (χ3v) is 8.82. The summed E-state index contributed by atoms with van der Waals surface area (Å²) < 4.78 is 2.28. The van der Waals surface area contributed by atoms with Crippen molar-refractivity contribution < 1.29 is 0 Å². The fraction of sp³-hybridized carbons (Fsp3) is 0.0250. The fourth-order valence-electron chi connectivity index (χ4n) is 6.93. The van der Waals surface area contributed by atoms with Gasteiger partial charge in [-0.25, -0.2) is 4.98 Å². The van der Waals surface area contributed by atoms with Gasteiger partial charge in [-0.2, -0.15) is 0 Å². The second-order valence-corrected chi connectivity index (χ2v) is 11.2. The third-order valence-electron chi connectivity index (χ3n) is 8.82. The maximum Gasteiger partial charge on any atom is 0.145 e. The number of rotatable bonds is 3. The molecule has 2 heteroatoms. The molecule has 0 N–H and O–H groups in total. The van der Waals surface area contributed by atoms with E-state index in [1.807, 2.05) is 6.07 Å². The lowest BCUT2D eigenvalue weighted by atomic mass is 9.89. The summed E-state index contributed by atoms with van der Waals surface area (Å²) in [6.45, 7) is 0. The van der Waals surface area contributed by atoms with E-state index in [4.69, 9.17) is 4.98 Å². The Kier molecular flexibility index (Phi) is 4.99. The summed E-state index contributed by atoms with van der Waals surface area (Å²) in [6, 6.07) is 52.5. The second-order valence-electron chi connectivity index (χ2n) is 11.2. The number of nitrogens with zero attached hydrogens (tertiary/aromatic N) is 2. The molecule has 196 valence electrons. The van der Waals surface area contributed by atoms with Crippen molar-refractivity contribution in [3.05, 3.63) is 157 Å². The average Bonchev–Trinajstić information content (AvgIpc) is 3.65. The Morgan fingerprint density at radius 3 is 2.05 bits per heavy atom. The molecule has 0 saturated carbocycles. The maximum absolute atomic E-state index is 5.03. The monoisotopic (exact) mass is 534 g/mol. The number of para-hydroxylation sites is 2. The van der Waals surface area contributed by atoms with Crippen molar-refractivity contribution in [1.82, 2.24) is 9.55 Å². The zero-order chi connectivity index (χ0) is 27.6. The van der Waals surface area contributed by atoms with Crippen LogP contribution in [-0.2, 0) is 6.42 Å². The van der Waals surface area contributed by atoms with Crippen LogP contribution in [0.25, 0.3) is 71.9 Å². The minimum atomic E-state index is 0.946. The van der Waals surface area contributed by atoms with E-state index in [1.165, 1.54) is 54.9 Å². The molecule has 0 saturated heterocycles. The van der Waals surface area contributed by atoms with Gasteiger partial charge in [0, 0.05) is 11.3 Å². The van der Waals surface area contributed by atoms with Crippen molar-refractivity contribution >= 4 is 32.6 Å². The summed E-state index contributed by atoms with van der Waals surface area (Å²) >= 11 is 0. The zero-order valence-electron chi connectivity index (χ0n) is 23.0. The summed E-state index contributed by atoms with van der Waals surface area (Å²) in [4.78, 5) is 5.03. The molecule has 0 atom stereocenters. The summed E-state index contributed by atoms with van der Waals surface area (Å²) in [7, 11) is 0. The molecule has 1 aliphatic carbocycles. The normalized spacial score (nSPS) is 12.2. The highest BCUT2D eigenvalue weighted by atomic mass is 15.1. The third kappa shape index (κ3) is 3.42. The van der Waals surface area contributed by atoms with Crippen LogP contribution in [0.5, 0.6) is 0 Å². The Labute approximate surface area is 244 Å². The lowest BCUT2D eigenvalue weighted by molar-refractivity contribution is 1.10. The molecule has 1 aromatic heterocycles. The zero-order valence-corrected chi connectivity index (χ0v) is 23.0. The highest BCUT2D eigenvalue weighted by Crippen LogP contribution is 2.48. The van der Waals surface area contributed by atoms with Crippen LogP contribution >= 0.6 is 0 Å². The second kappa shape index (κ2) is 9.02. The Morgan fingerprint density at radius 2 is 1.21 bits per heavy atom. The van der Waals surface area contributed by atoms with Crippen LogP contribution < -0.4 is 0 Å². The molecular weight excluding hydrogens is 508 g/mol. The number of hydrogen-bond acceptors (Lipinski definition) is 1. The minimum absolute atomic E-state index is 0.946. The first kappa shape index (κ1) is 23.3. The highest BCUT2D eigenvalue weighted by molar-refractivity contribution is 6.12. The van der Waals surface area contributed by atoms with Crippen molar-refractivity contribution in [3.63, 3.8) is 0 Å². The molecule has 0 aliphatic heterocycles. The first-order valence-electron chi connectivity index (χ1n) is 14.5. The first-order chi connectivity index (χ1) is 20.8. The minimum Gasteiger partial charge on any atom is -0.292 e. The van der Waals surface area contributed by atoms with Gasteiger partial charge in [0.05, 0.1) is 11.0 Å². The van der Waals surface area contributed by atoms with Gasteiger partial charge in [0.15, 0.2) is 0 Å². The molecule has 0 bridgehead atoms. The average molecular weight is 535 g/mol. The van der Waals surface area contributed by atoms with E-state index in [9.17, 15) is 0 Å². The highest BCUT2D eigenvalue weighted by Gasteiger charge is 2.26. The van der Waals surface area contributed by atoms with Gasteiger partial charge in [0.25, 0.3) is 0 Å². The molecule has 7 aromatic carbocycles. The van der Waals surface area contributed by atoms with E-state index in [-0.39, 0.29) is 0 Å². The SMILES string of the molecule is c1ccc(-c2nc3ccccc3n2-c2ccc(-c3cc4ccccc4c4c3Cc3ccc5ccccc5c3-4)cc2)cc1. The molecule has 42 heavy (non-hydrogen) atoms. The van der Waals surface area contributed by atoms with Gasteiger partial charge < -0.3 is 0 Å². The standard InChI is InChI=1S/C40H26N2/c1-2-11-28(12-3-1)40-41-36-16-8-9-17-37(36)42(40)31-22-20-27(21-23-31)34-24-29-13-5-7-15-33(29)39-35(34)25-30-19-18-26-10-4-6-14-32(26)38(30)39/h1-24H,25H2. The number of aromatic nitrogens is 2. The largest absolute Gasteiger partial charge is 0.292 e. The van der Waals surface area contributed by atoms with Crippen molar-refractivity contribution in [2.24, 2.45) is 0 Å². The summed E-state index contributed by atoms with van der Waals surface area (Å²) in [5.74, 6) is 0.957. The van der Waals surface area contributed by atoms with Gasteiger partial charge in [-0.15, -0.1) is 0 Å². The molecule has 9 rings (SSSR count). The number of fused-ring (bicyclic) bond motifs is 8. The van der Waals surface area contributed by atoms with Gasteiger partial charge >= 0.3 is 0 Å². The molecule has 2 nitrogen and oxygen atoms in total. The molecule has 0 unspecified atom stereocenters. The van der Waals surface area contributed by atoms with E-state index >= 15 is 0 Å². The van der Waals surface area contributed by atoms with Crippen molar-refractivity contribution in [1.29, 1.82) is 0 Å². The van der Waals surface area contributed by atoms with Gasteiger partial charge in [-0.3, -0.25) is 4.57 Å². The smallest absolute Gasteiger partial charge is 0.145 e. The Bertz CT molecular complexity index is 2310. The van der Waals surface area contributed by atoms with Crippen molar-refractivity contribution in [2.45, 2.75) is 6.42 Å². The Morgan fingerprint density at radius 1 is 0.524 bits per heavy atom. The van der Waals surface area contributed by atoms with E-state index in [0.29, 0.717) is 0 Å². The van der Waals surface area contributed by atoms with Crippen LogP contribution in [0.1, 0.15) is 11.1 Å². The molecule has 8 aromatic rings. The van der Waals surface area contributed by atoms with E-state index in [1.54, 1.807) is 0 Å². The molecule has 0 fully saturated rings. The van der Waals surface area contributed by atoms with Crippen LogP contribution in [0, 0.1) is 0 Å². The lowest BCUT2D eigenvalue weighted by Gasteiger charge is -2.15. The van der Waals surface area contributed by atoms with Gasteiger partial charge in [0.2, 0.25) is 0 Å². The van der Waals surface area contributed by atoms with Crippen LogP contribution in [0.4, 0.5) is 0 Å². The number of imidazole rings is 1. The maximum atomic E-state index is 5.03. The quantitative estimate of drug-likeness (QED) is 0.220. The lowest BCUT2D eigenvalue weighted by Crippen LogP contribution is -1.98. The van der Waals surface area contributed by atoms with Crippen LogP contribution in [0.3, 0.4) is 0 Å². The summed E-state index contributed by atoms with van der Waals surface area (Å²) in [5.41, 5.74) is 12.5. The Hall–Kier alpha value is -5.47. The van der Waals surface area contributed by atoms with Gasteiger partial charge in [0.1, 0.15) is 5.82 Å². The van der Waals surface area contributed by atoms with Gasteiger partial charge in [-0.1, -0.05) is 115 Å². The van der Waals surface area contributed by atoms with Crippen molar-refractivity contribution in [2.75, 3.05) is 0 Å². The predicted octanol–water partition coefficient (Wildman–Crippen LogP) is 10.2. The number of hydrogen-bond donors (Lipinski definition) is 0. The first-order valence-corrected chi connectivity index (χ1v) is 14.5. The topological polar surface area (TPSA) is 17.8 Å². The molecule has 0 spiro atoms. The van der Waals surface area contributed by atoms with Gasteiger partial charge in [-0.05, 0) is 91.7 Å². The van der Waals surface area contributed by atoms with E-state index in [2.05, 4.69) is 144 Å². The predicted molar refractivity (Wildman–Crippen MR) is 175 cm³/mol. The molecule has 1 aliphatic rings. The van der Waals surface area contributed by atoms with Crippen LogP contribution in [0.2, 0.25) is 0 Å². The summed E-state index contributed by atoms with van der Waals surface area (Å²) in [5, 5.41) is 5.25. The van der Waals surface area contributed by atoms with Crippen LogP contribution in [0.15, 0.2) is 146 Å². The number of benzene rings is 7. The van der Waals surface area contributed by atoms with E-state index < -0.39 is 0 Å². The molecule has 1 heterocycles. The van der Waals surface area contributed by atoms with Crippen molar-refractivity contribution in [3.8, 4) is 39.3 Å². The van der Waals surface area contributed by atoms with Crippen LogP contribution in [-0.4, -0.2) is 9.55 Å². The molecular formula is C40H26N2.